The molecule has 0 fully saturated rings. The lowest BCUT2D eigenvalue weighted by molar-refractivity contribution is -0.135. The number of halogens is 2. The van der Waals surface area contributed by atoms with Crippen LogP contribution in [-0.4, -0.2) is 17.6 Å². The van der Waals surface area contributed by atoms with Gasteiger partial charge in [-0.2, -0.15) is 0 Å². The van der Waals surface area contributed by atoms with Gasteiger partial charge in [-0.1, -0.05) is 54.1 Å². The Morgan fingerprint density at radius 2 is 1.61 bits per heavy atom. The number of carbonyl (C=O) groups is 1. The van der Waals surface area contributed by atoms with Crippen LogP contribution in [0.5, 0.6) is 5.75 Å². The Hall–Kier alpha value is -2.85. The first-order valence-corrected chi connectivity index (χ1v) is 10.7. The van der Waals surface area contributed by atoms with Crippen molar-refractivity contribution in [1.29, 1.82) is 0 Å². The summed E-state index contributed by atoms with van der Waals surface area (Å²) in [6.07, 6.45) is 0.752. The highest BCUT2D eigenvalue weighted by Gasteiger charge is 2.33. The molecule has 0 aliphatic rings. The topological polar surface area (TPSA) is 38.3 Å². The SMILES string of the molecule is CC(NC(=O)C(C)(C)Oc1ccc(F)cc1)C(Cc1ccc(Cl)cc1)c1ccccc1. The summed E-state index contributed by atoms with van der Waals surface area (Å²) in [5, 5.41) is 3.81. The zero-order chi connectivity index (χ0) is 22.4. The first-order valence-electron chi connectivity index (χ1n) is 10.3. The van der Waals surface area contributed by atoms with E-state index >= 15 is 0 Å². The van der Waals surface area contributed by atoms with E-state index in [1.807, 2.05) is 49.4 Å². The van der Waals surface area contributed by atoms with Crippen molar-refractivity contribution in [2.24, 2.45) is 0 Å². The molecule has 0 radical (unpaired) electrons. The molecule has 1 amide bonds. The van der Waals surface area contributed by atoms with Gasteiger partial charge in [0.2, 0.25) is 0 Å². The second kappa shape index (κ2) is 9.97. The predicted octanol–water partition coefficient (Wildman–Crippen LogP) is 6.17. The highest BCUT2D eigenvalue weighted by Crippen LogP contribution is 2.26. The molecule has 3 rings (SSSR count). The smallest absolute Gasteiger partial charge is 0.263 e. The molecule has 1 N–H and O–H groups in total. The van der Waals surface area contributed by atoms with Crippen LogP contribution in [0.1, 0.15) is 37.8 Å². The van der Waals surface area contributed by atoms with Crippen molar-refractivity contribution in [3.05, 3.63) is 101 Å². The highest BCUT2D eigenvalue weighted by atomic mass is 35.5. The molecule has 31 heavy (non-hydrogen) atoms. The monoisotopic (exact) mass is 439 g/mol. The third-order valence-electron chi connectivity index (χ3n) is 5.29. The van der Waals surface area contributed by atoms with Crippen LogP contribution in [0.3, 0.4) is 0 Å². The van der Waals surface area contributed by atoms with Gasteiger partial charge in [-0.05, 0) is 74.7 Å². The van der Waals surface area contributed by atoms with Gasteiger partial charge in [0.15, 0.2) is 5.60 Å². The van der Waals surface area contributed by atoms with Gasteiger partial charge in [0.25, 0.3) is 5.91 Å². The molecule has 3 aromatic rings. The van der Waals surface area contributed by atoms with Gasteiger partial charge in [-0.15, -0.1) is 0 Å². The molecule has 0 bridgehead atoms. The number of nitrogens with one attached hydrogen (secondary N) is 1. The van der Waals surface area contributed by atoms with E-state index in [0.717, 1.165) is 17.5 Å². The van der Waals surface area contributed by atoms with Gasteiger partial charge >= 0.3 is 0 Å². The maximum atomic E-state index is 13.2. The normalized spacial score (nSPS) is 13.3. The van der Waals surface area contributed by atoms with Crippen molar-refractivity contribution in [2.45, 2.75) is 44.8 Å². The van der Waals surface area contributed by atoms with Crippen LogP contribution in [0.2, 0.25) is 5.02 Å². The molecule has 3 aromatic carbocycles. The molecular weight excluding hydrogens is 413 g/mol. The average molecular weight is 440 g/mol. The molecule has 0 aliphatic carbocycles. The zero-order valence-electron chi connectivity index (χ0n) is 17.9. The number of hydrogen-bond donors (Lipinski definition) is 1. The second-order valence-electron chi connectivity index (χ2n) is 8.18. The quantitative estimate of drug-likeness (QED) is 0.456. The number of benzene rings is 3. The largest absolute Gasteiger partial charge is 0.478 e. The van der Waals surface area contributed by atoms with E-state index in [1.165, 1.54) is 24.3 Å². The molecule has 162 valence electrons. The minimum absolute atomic E-state index is 0.0629. The van der Waals surface area contributed by atoms with Crippen molar-refractivity contribution in [3.63, 3.8) is 0 Å². The van der Waals surface area contributed by atoms with Crippen LogP contribution in [0.4, 0.5) is 4.39 Å². The summed E-state index contributed by atoms with van der Waals surface area (Å²) in [5.74, 6) is -0.0829. The maximum absolute atomic E-state index is 13.2. The molecular formula is C26H27ClFNO2. The summed E-state index contributed by atoms with van der Waals surface area (Å²) in [4.78, 5) is 13.1. The number of amides is 1. The van der Waals surface area contributed by atoms with Gasteiger partial charge in [-0.25, -0.2) is 4.39 Å². The minimum atomic E-state index is -1.12. The van der Waals surface area contributed by atoms with Crippen LogP contribution in [0, 0.1) is 5.82 Å². The van der Waals surface area contributed by atoms with Crippen LogP contribution in [0.25, 0.3) is 0 Å². The van der Waals surface area contributed by atoms with Gasteiger partial charge in [-0.3, -0.25) is 4.79 Å². The molecule has 0 aliphatic heterocycles. The van der Waals surface area contributed by atoms with Crippen LogP contribution in [-0.2, 0) is 11.2 Å². The molecule has 2 atom stereocenters. The van der Waals surface area contributed by atoms with E-state index < -0.39 is 5.60 Å². The van der Waals surface area contributed by atoms with E-state index in [4.69, 9.17) is 16.3 Å². The van der Waals surface area contributed by atoms with Gasteiger partial charge < -0.3 is 10.1 Å². The Kier molecular flexibility index (Phi) is 7.34. The van der Waals surface area contributed by atoms with E-state index in [0.29, 0.717) is 10.8 Å². The maximum Gasteiger partial charge on any atom is 0.263 e. The summed E-state index contributed by atoms with van der Waals surface area (Å²) >= 11 is 6.03. The number of ether oxygens (including phenoxy) is 1. The Bertz CT molecular complexity index is 988. The van der Waals surface area contributed by atoms with Gasteiger partial charge in [0.1, 0.15) is 11.6 Å². The highest BCUT2D eigenvalue weighted by molar-refractivity contribution is 6.30. The first kappa shape index (κ1) is 22.8. The lowest BCUT2D eigenvalue weighted by Crippen LogP contribution is -2.51. The fourth-order valence-electron chi connectivity index (χ4n) is 3.48. The van der Waals surface area contributed by atoms with Crippen LogP contribution < -0.4 is 10.1 Å². The average Bonchev–Trinajstić information content (AvgIpc) is 2.75. The summed E-state index contributed by atoms with van der Waals surface area (Å²) in [7, 11) is 0. The summed E-state index contributed by atoms with van der Waals surface area (Å²) < 4.78 is 19.0. The molecule has 0 spiro atoms. The fraction of sp³-hybridized carbons (Fsp3) is 0.269. The molecule has 5 heteroatoms. The molecule has 0 saturated heterocycles. The van der Waals surface area contributed by atoms with Crippen molar-refractivity contribution >= 4 is 17.5 Å². The predicted molar refractivity (Wildman–Crippen MR) is 123 cm³/mol. The second-order valence-corrected chi connectivity index (χ2v) is 8.61. The summed E-state index contributed by atoms with van der Waals surface area (Å²) in [5.41, 5.74) is 1.16. The van der Waals surface area contributed by atoms with Crippen molar-refractivity contribution in [2.75, 3.05) is 0 Å². The third-order valence-corrected chi connectivity index (χ3v) is 5.54. The van der Waals surface area contributed by atoms with Crippen molar-refractivity contribution in [3.8, 4) is 5.75 Å². The van der Waals surface area contributed by atoms with Gasteiger partial charge in [0.05, 0.1) is 0 Å². The van der Waals surface area contributed by atoms with E-state index in [-0.39, 0.29) is 23.7 Å². The van der Waals surface area contributed by atoms with Crippen LogP contribution >= 0.6 is 11.6 Å². The van der Waals surface area contributed by atoms with Crippen molar-refractivity contribution < 1.29 is 13.9 Å². The number of rotatable bonds is 8. The summed E-state index contributed by atoms with van der Waals surface area (Å²) in [6, 6.07) is 23.4. The lowest BCUT2D eigenvalue weighted by Gasteiger charge is -2.31. The Labute approximate surface area is 188 Å². The first-order chi connectivity index (χ1) is 14.7. The Morgan fingerprint density at radius 3 is 2.23 bits per heavy atom. The zero-order valence-corrected chi connectivity index (χ0v) is 18.7. The molecule has 0 aromatic heterocycles. The molecule has 0 heterocycles. The van der Waals surface area contributed by atoms with E-state index in [1.54, 1.807) is 13.8 Å². The van der Waals surface area contributed by atoms with Crippen molar-refractivity contribution in [1.82, 2.24) is 5.32 Å². The van der Waals surface area contributed by atoms with E-state index in [2.05, 4.69) is 17.4 Å². The van der Waals surface area contributed by atoms with E-state index in [9.17, 15) is 9.18 Å². The number of hydrogen-bond acceptors (Lipinski definition) is 2. The Morgan fingerprint density at radius 1 is 1.00 bits per heavy atom. The summed E-state index contributed by atoms with van der Waals surface area (Å²) in [6.45, 7) is 5.41. The molecule has 2 unspecified atom stereocenters. The third kappa shape index (κ3) is 6.31. The lowest BCUT2D eigenvalue weighted by atomic mass is 9.86. The Balaban J connectivity index is 1.75. The van der Waals surface area contributed by atoms with Crippen LogP contribution in [0.15, 0.2) is 78.9 Å². The fourth-order valence-corrected chi connectivity index (χ4v) is 3.61. The molecule has 0 saturated carbocycles. The minimum Gasteiger partial charge on any atom is -0.478 e. The number of carbonyl (C=O) groups excluding carboxylic acids is 1. The van der Waals surface area contributed by atoms with Gasteiger partial charge in [0, 0.05) is 17.0 Å². The molecule has 3 nitrogen and oxygen atoms in total. The standard InChI is InChI=1S/C26H27ClFNO2/c1-18(29-25(30)26(2,3)31-23-15-13-22(28)14-16-23)24(20-7-5-4-6-8-20)17-19-9-11-21(27)12-10-19/h4-16,18,24H,17H2,1-3H3,(H,29,30).